The Labute approximate surface area is 91.4 Å². The molecule has 0 aromatic heterocycles. The van der Waals surface area contributed by atoms with Crippen LogP contribution in [-0.2, 0) is 0 Å². The molecule has 0 bridgehead atoms. The minimum absolute atomic E-state index is 0.174. The van der Waals surface area contributed by atoms with Crippen LogP contribution in [0.5, 0.6) is 5.75 Å². The van der Waals surface area contributed by atoms with Crippen LogP contribution in [0.4, 0.5) is 5.69 Å². The number of amides is 1. The van der Waals surface area contributed by atoms with Gasteiger partial charge >= 0.3 is 0 Å². The third-order valence-corrected chi connectivity index (χ3v) is 1.83. The number of nitro benzene ring substituents is 1. The summed E-state index contributed by atoms with van der Waals surface area (Å²) < 4.78 is 0. The average Bonchev–Trinajstić information content (AvgIpc) is 2.25. The van der Waals surface area contributed by atoms with E-state index in [9.17, 15) is 20.0 Å². The highest BCUT2D eigenvalue weighted by Gasteiger charge is 2.19. The predicted octanol–water partition coefficient (Wildman–Crippen LogP) is 1.22. The van der Waals surface area contributed by atoms with Gasteiger partial charge in [-0.25, -0.2) is 0 Å². The van der Waals surface area contributed by atoms with Gasteiger partial charge in [-0.2, -0.15) is 0 Å². The number of phenolic OH excluding ortho intramolecular Hbond substituents is 1. The number of benzene rings is 1. The summed E-state index contributed by atoms with van der Waals surface area (Å²) in [6.07, 6.45) is 1.45. The van der Waals surface area contributed by atoms with Crippen LogP contribution in [0.15, 0.2) is 30.9 Å². The van der Waals surface area contributed by atoms with Crippen molar-refractivity contribution >= 4 is 11.6 Å². The van der Waals surface area contributed by atoms with Crippen LogP contribution in [0.3, 0.4) is 0 Å². The molecule has 16 heavy (non-hydrogen) atoms. The highest BCUT2D eigenvalue weighted by atomic mass is 16.6. The van der Waals surface area contributed by atoms with Crippen molar-refractivity contribution in [2.75, 3.05) is 6.54 Å². The fourth-order valence-electron chi connectivity index (χ4n) is 1.13. The van der Waals surface area contributed by atoms with E-state index < -0.39 is 10.8 Å². The zero-order valence-corrected chi connectivity index (χ0v) is 8.34. The monoisotopic (exact) mass is 222 g/mol. The summed E-state index contributed by atoms with van der Waals surface area (Å²) in [6, 6.07) is 3.29. The number of hydrogen-bond donors (Lipinski definition) is 2. The van der Waals surface area contributed by atoms with Crippen LogP contribution >= 0.6 is 0 Å². The maximum absolute atomic E-state index is 11.5. The maximum Gasteiger partial charge on any atom is 0.282 e. The Hall–Kier alpha value is -2.37. The SMILES string of the molecule is C=CCNC(=O)c1cc(O)ccc1[N+](=O)[O-]. The first-order valence-electron chi connectivity index (χ1n) is 4.42. The quantitative estimate of drug-likeness (QED) is 0.455. The molecule has 1 amide bonds. The van der Waals surface area contributed by atoms with Crippen LogP contribution < -0.4 is 5.32 Å². The Morgan fingerprint density at radius 3 is 2.88 bits per heavy atom. The molecule has 84 valence electrons. The Morgan fingerprint density at radius 2 is 2.31 bits per heavy atom. The fraction of sp³-hybridized carbons (Fsp3) is 0.100. The summed E-state index contributed by atoms with van der Waals surface area (Å²) in [6.45, 7) is 3.60. The number of nitrogens with zero attached hydrogens (tertiary/aromatic N) is 1. The van der Waals surface area contributed by atoms with E-state index in [-0.39, 0.29) is 23.5 Å². The molecule has 0 aliphatic carbocycles. The van der Waals surface area contributed by atoms with Gasteiger partial charge in [0.2, 0.25) is 0 Å². The first-order chi connectivity index (χ1) is 7.56. The van der Waals surface area contributed by atoms with E-state index >= 15 is 0 Å². The first kappa shape index (κ1) is 11.7. The zero-order valence-electron chi connectivity index (χ0n) is 8.34. The van der Waals surface area contributed by atoms with Gasteiger partial charge in [-0.05, 0) is 12.1 Å². The van der Waals surface area contributed by atoms with Crippen LogP contribution in [-0.4, -0.2) is 22.5 Å². The minimum atomic E-state index is -0.678. The molecule has 0 unspecified atom stereocenters. The summed E-state index contributed by atoms with van der Waals surface area (Å²) in [4.78, 5) is 21.5. The Morgan fingerprint density at radius 1 is 1.62 bits per heavy atom. The van der Waals surface area contributed by atoms with Gasteiger partial charge in [-0.3, -0.25) is 14.9 Å². The van der Waals surface area contributed by atoms with Gasteiger partial charge in [0.15, 0.2) is 0 Å². The molecule has 6 heteroatoms. The standard InChI is InChI=1S/C10H10N2O4/c1-2-5-11-10(14)8-6-7(13)3-4-9(8)12(15)16/h2-4,6,13H,1,5H2,(H,11,14). The lowest BCUT2D eigenvalue weighted by molar-refractivity contribution is -0.385. The number of rotatable bonds is 4. The summed E-state index contributed by atoms with van der Waals surface area (Å²) in [5.74, 6) is -0.822. The smallest absolute Gasteiger partial charge is 0.282 e. The maximum atomic E-state index is 11.5. The molecular formula is C10H10N2O4. The van der Waals surface area contributed by atoms with Gasteiger partial charge in [0.05, 0.1) is 4.92 Å². The molecule has 1 aromatic rings. The summed E-state index contributed by atoms with van der Waals surface area (Å²) in [5.41, 5.74) is -0.522. The van der Waals surface area contributed by atoms with Crippen molar-refractivity contribution in [2.24, 2.45) is 0 Å². The molecular weight excluding hydrogens is 212 g/mol. The van der Waals surface area contributed by atoms with Gasteiger partial charge in [0.25, 0.3) is 11.6 Å². The normalized spacial score (nSPS) is 9.50. The molecule has 0 atom stereocenters. The van der Waals surface area contributed by atoms with Crippen LogP contribution in [0.1, 0.15) is 10.4 Å². The highest BCUT2D eigenvalue weighted by molar-refractivity contribution is 5.98. The van der Waals surface area contributed by atoms with E-state index in [2.05, 4.69) is 11.9 Å². The second-order valence-corrected chi connectivity index (χ2v) is 2.96. The third kappa shape index (κ3) is 2.57. The lowest BCUT2D eigenvalue weighted by Gasteiger charge is -2.03. The highest BCUT2D eigenvalue weighted by Crippen LogP contribution is 2.22. The van der Waals surface area contributed by atoms with Crippen LogP contribution in [0.2, 0.25) is 0 Å². The molecule has 0 radical (unpaired) electrons. The molecule has 2 N–H and O–H groups in total. The molecule has 0 heterocycles. The Kier molecular flexibility index (Phi) is 3.60. The number of nitrogens with one attached hydrogen (secondary N) is 1. The molecule has 0 fully saturated rings. The van der Waals surface area contributed by atoms with Gasteiger partial charge < -0.3 is 10.4 Å². The van der Waals surface area contributed by atoms with Crippen LogP contribution in [0, 0.1) is 10.1 Å². The largest absolute Gasteiger partial charge is 0.508 e. The van der Waals surface area contributed by atoms with Crippen molar-refractivity contribution in [3.05, 3.63) is 46.5 Å². The van der Waals surface area contributed by atoms with E-state index in [4.69, 9.17) is 0 Å². The minimum Gasteiger partial charge on any atom is -0.508 e. The number of carbonyl (C=O) groups excluding carboxylic acids is 1. The predicted molar refractivity (Wildman–Crippen MR) is 57.3 cm³/mol. The van der Waals surface area contributed by atoms with Crippen molar-refractivity contribution < 1.29 is 14.8 Å². The Balaban J connectivity index is 3.09. The van der Waals surface area contributed by atoms with Crippen LogP contribution in [0.25, 0.3) is 0 Å². The summed E-state index contributed by atoms with van der Waals surface area (Å²) in [5, 5.41) is 22.2. The van der Waals surface area contributed by atoms with E-state index in [0.717, 1.165) is 18.2 Å². The zero-order chi connectivity index (χ0) is 12.1. The second-order valence-electron chi connectivity index (χ2n) is 2.96. The number of hydrogen-bond acceptors (Lipinski definition) is 4. The van der Waals surface area contributed by atoms with Gasteiger partial charge in [-0.1, -0.05) is 6.08 Å². The van der Waals surface area contributed by atoms with Gasteiger partial charge in [0, 0.05) is 12.6 Å². The molecule has 6 nitrogen and oxygen atoms in total. The van der Waals surface area contributed by atoms with Crippen molar-refractivity contribution in [1.82, 2.24) is 5.32 Å². The van der Waals surface area contributed by atoms with Crippen molar-refractivity contribution in [2.45, 2.75) is 0 Å². The molecule has 0 saturated carbocycles. The van der Waals surface area contributed by atoms with E-state index in [1.165, 1.54) is 6.08 Å². The summed E-state index contributed by atoms with van der Waals surface area (Å²) >= 11 is 0. The third-order valence-electron chi connectivity index (χ3n) is 1.83. The van der Waals surface area contributed by atoms with E-state index in [1.54, 1.807) is 0 Å². The number of nitro groups is 1. The molecule has 0 spiro atoms. The molecule has 1 rings (SSSR count). The molecule has 0 aliphatic rings. The topological polar surface area (TPSA) is 92.5 Å². The molecule has 0 saturated heterocycles. The van der Waals surface area contributed by atoms with Crippen molar-refractivity contribution in [3.63, 3.8) is 0 Å². The fourth-order valence-corrected chi connectivity index (χ4v) is 1.13. The average molecular weight is 222 g/mol. The molecule has 1 aromatic carbocycles. The van der Waals surface area contributed by atoms with Gasteiger partial charge in [-0.15, -0.1) is 6.58 Å². The number of phenols is 1. The van der Waals surface area contributed by atoms with Crippen molar-refractivity contribution in [3.8, 4) is 5.75 Å². The van der Waals surface area contributed by atoms with E-state index in [0.29, 0.717) is 0 Å². The van der Waals surface area contributed by atoms with Crippen molar-refractivity contribution in [1.29, 1.82) is 0 Å². The first-order valence-corrected chi connectivity index (χ1v) is 4.42. The second kappa shape index (κ2) is 4.92. The summed E-state index contributed by atoms with van der Waals surface area (Å²) in [7, 11) is 0. The lowest BCUT2D eigenvalue weighted by Crippen LogP contribution is -2.24. The van der Waals surface area contributed by atoms with E-state index in [1.807, 2.05) is 0 Å². The molecule has 0 aliphatic heterocycles. The number of carbonyl (C=O) groups is 1. The van der Waals surface area contributed by atoms with Gasteiger partial charge in [0.1, 0.15) is 11.3 Å². The Bertz CT molecular complexity index is 442. The number of aromatic hydroxyl groups is 1. The lowest BCUT2D eigenvalue weighted by atomic mass is 10.1.